The molecule has 0 N–H and O–H groups in total. The standard InChI is InChI=1S/C12H14.W/c1-4-10(3)12-9-7-6-8-11(12)5-2;/h4,6-9H,1-3H3;. The molecule has 0 nitrogen and oxygen atoms in total. The van der Waals surface area contributed by atoms with E-state index in [-0.39, 0.29) is 0 Å². The van der Waals surface area contributed by atoms with Crippen molar-refractivity contribution in [3.05, 3.63) is 41.5 Å². The van der Waals surface area contributed by atoms with Crippen molar-refractivity contribution in [2.75, 3.05) is 0 Å². The summed E-state index contributed by atoms with van der Waals surface area (Å²) in [6, 6.07) is 8.60. The van der Waals surface area contributed by atoms with Crippen molar-refractivity contribution in [2.45, 2.75) is 20.8 Å². The van der Waals surface area contributed by atoms with Crippen LogP contribution in [0.15, 0.2) is 30.3 Å². The van der Waals surface area contributed by atoms with E-state index in [9.17, 15) is 0 Å². The van der Waals surface area contributed by atoms with E-state index in [0.29, 0.717) is 0 Å². The summed E-state index contributed by atoms with van der Waals surface area (Å²) in [5, 5.41) is 0. The molecular weight excluding hydrogens is 328 g/mol. The normalized spacial score (nSPS) is 11.5. The van der Waals surface area contributed by atoms with Gasteiger partial charge in [0.25, 0.3) is 0 Å². The Morgan fingerprint density at radius 2 is 1.69 bits per heavy atom. The summed E-state index contributed by atoms with van der Waals surface area (Å²) in [6.07, 6.45) is 2.16. The van der Waals surface area contributed by atoms with Crippen LogP contribution in [0, 0.1) is 0 Å². The zero-order chi connectivity index (χ0) is 9.84. The summed E-state index contributed by atoms with van der Waals surface area (Å²) < 4.78 is 1.46. The molecule has 0 aliphatic rings. The van der Waals surface area contributed by atoms with Gasteiger partial charge in [0, 0.05) is 0 Å². The molecule has 0 unspecified atom stereocenters. The van der Waals surface area contributed by atoms with Crippen LogP contribution in [-0.4, -0.2) is 3.90 Å². The molecular formula is C12H14W. The molecule has 0 atom stereocenters. The molecule has 0 amide bonds. The summed E-state index contributed by atoms with van der Waals surface area (Å²) in [5.41, 5.74) is 4.13. The quantitative estimate of drug-likeness (QED) is 0.775. The first-order chi connectivity index (χ1) is 6.16. The molecule has 0 radical (unpaired) electrons. The zero-order valence-electron chi connectivity index (χ0n) is 8.29. The molecule has 0 aliphatic carbocycles. The second kappa shape index (κ2) is 4.67. The van der Waals surface area contributed by atoms with Gasteiger partial charge < -0.3 is 0 Å². The van der Waals surface area contributed by atoms with Crippen LogP contribution in [0.3, 0.4) is 0 Å². The van der Waals surface area contributed by atoms with Crippen LogP contribution < -0.4 is 0 Å². The van der Waals surface area contributed by atoms with Crippen molar-refractivity contribution in [2.24, 2.45) is 0 Å². The molecule has 13 heavy (non-hydrogen) atoms. The van der Waals surface area contributed by atoms with Crippen LogP contribution in [0.5, 0.6) is 0 Å². The summed E-state index contributed by atoms with van der Waals surface area (Å²) >= 11 is 1.55. The number of benzene rings is 1. The number of rotatable bonds is 2. The average Bonchev–Trinajstić information content (AvgIpc) is 2.16. The van der Waals surface area contributed by atoms with Crippen molar-refractivity contribution in [3.63, 3.8) is 0 Å². The third-order valence-corrected chi connectivity index (χ3v) is 2.95. The zero-order valence-corrected chi connectivity index (χ0v) is 11.2. The summed E-state index contributed by atoms with van der Waals surface area (Å²) in [7, 11) is 0. The Labute approximate surface area is 91.1 Å². The summed E-state index contributed by atoms with van der Waals surface area (Å²) in [6.45, 7) is 6.44. The molecule has 0 spiro atoms. The van der Waals surface area contributed by atoms with Crippen LogP contribution in [0.25, 0.3) is 5.57 Å². The molecule has 0 aliphatic heterocycles. The summed E-state index contributed by atoms with van der Waals surface area (Å²) in [4.78, 5) is 0. The fraction of sp³-hybridized carbons (Fsp3) is 0.250. The van der Waals surface area contributed by atoms with Gasteiger partial charge in [-0.15, -0.1) is 0 Å². The molecule has 0 fully saturated rings. The minimum atomic E-state index is 1.36. The average molecular weight is 342 g/mol. The van der Waals surface area contributed by atoms with Gasteiger partial charge in [0.1, 0.15) is 0 Å². The van der Waals surface area contributed by atoms with Gasteiger partial charge in [-0.3, -0.25) is 0 Å². The maximum atomic E-state index is 2.20. The molecule has 0 heterocycles. The van der Waals surface area contributed by atoms with Crippen LogP contribution >= 0.6 is 0 Å². The van der Waals surface area contributed by atoms with E-state index in [4.69, 9.17) is 0 Å². The molecule has 1 aromatic rings. The van der Waals surface area contributed by atoms with Crippen molar-refractivity contribution < 1.29 is 19.4 Å². The van der Waals surface area contributed by atoms with E-state index in [0.717, 1.165) is 0 Å². The Bertz CT molecular complexity index is 348. The first kappa shape index (κ1) is 10.6. The first-order valence-corrected chi connectivity index (χ1v) is 5.86. The van der Waals surface area contributed by atoms with Crippen molar-refractivity contribution in [1.29, 1.82) is 0 Å². The molecule has 1 rings (SSSR count). The Balaban J connectivity index is 3.28. The summed E-state index contributed by atoms with van der Waals surface area (Å²) in [5.74, 6) is 0. The van der Waals surface area contributed by atoms with Gasteiger partial charge in [0.05, 0.1) is 0 Å². The minimum absolute atomic E-state index is 1.36. The molecule has 1 heteroatoms. The van der Waals surface area contributed by atoms with E-state index in [1.165, 1.54) is 20.6 Å². The van der Waals surface area contributed by atoms with Crippen LogP contribution in [-0.2, 0) is 19.4 Å². The molecule has 0 aromatic heterocycles. The molecule has 1 aromatic carbocycles. The number of hydrogen-bond donors (Lipinski definition) is 0. The maximum absolute atomic E-state index is 2.20. The van der Waals surface area contributed by atoms with Crippen molar-refractivity contribution >= 4 is 9.47 Å². The Morgan fingerprint density at radius 1 is 1.15 bits per heavy atom. The Morgan fingerprint density at radius 3 is 2.15 bits per heavy atom. The van der Waals surface area contributed by atoms with Gasteiger partial charge in [0.2, 0.25) is 0 Å². The van der Waals surface area contributed by atoms with Gasteiger partial charge in [-0.2, -0.15) is 0 Å². The number of allylic oxidation sites excluding steroid dienone is 2. The predicted octanol–water partition coefficient (Wildman–Crippen LogP) is 3.20. The second-order valence-corrected chi connectivity index (χ2v) is 5.27. The van der Waals surface area contributed by atoms with E-state index >= 15 is 0 Å². The first-order valence-electron chi connectivity index (χ1n) is 4.40. The van der Waals surface area contributed by atoms with Crippen LogP contribution in [0.4, 0.5) is 0 Å². The topological polar surface area (TPSA) is 0 Å². The third kappa shape index (κ3) is 2.48. The van der Waals surface area contributed by atoms with Gasteiger partial charge in [-0.05, 0) is 0 Å². The molecule has 0 saturated carbocycles. The van der Waals surface area contributed by atoms with Crippen molar-refractivity contribution in [3.8, 4) is 0 Å². The van der Waals surface area contributed by atoms with E-state index in [1.807, 2.05) is 0 Å². The third-order valence-electron chi connectivity index (χ3n) is 2.16. The van der Waals surface area contributed by atoms with Gasteiger partial charge >= 0.3 is 91.1 Å². The second-order valence-electron chi connectivity index (χ2n) is 3.07. The van der Waals surface area contributed by atoms with Gasteiger partial charge in [-0.1, -0.05) is 0 Å². The predicted molar refractivity (Wildman–Crippen MR) is 55.6 cm³/mol. The Kier molecular flexibility index (Phi) is 3.81. The van der Waals surface area contributed by atoms with Gasteiger partial charge in [0.15, 0.2) is 0 Å². The van der Waals surface area contributed by atoms with E-state index in [2.05, 4.69) is 51.1 Å². The fourth-order valence-electron chi connectivity index (χ4n) is 1.29. The number of hydrogen-bond acceptors (Lipinski definition) is 0. The monoisotopic (exact) mass is 342 g/mol. The van der Waals surface area contributed by atoms with Crippen LogP contribution in [0.2, 0.25) is 0 Å². The molecule has 0 saturated heterocycles. The van der Waals surface area contributed by atoms with Gasteiger partial charge in [-0.25, -0.2) is 0 Å². The fourth-order valence-corrected chi connectivity index (χ4v) is 1.93. The van der Waals surface area contributed by atoms with E-state index < -0.39 is 0 Å². The van der Waals surface area contributed by atoms with Crippen LogP contribution in [0.1, 0.15) is 31.9 Å². The van der Waals surface area contributed by atoms with E-state index in [1.54, 1.807) is 19.4 Å². The Hall–Kier alpha value is -0.482. The molecule has 0 bridgehead atoms. The van der Waals surface area contributed by atoms with Crippen molar-refractivity contribution in [1.82, 2.24) is 0 Å². The SMILES string of the molecule is CC=C(C)c1ccccc1[C](C)=[W]. The molecule has 68 valence electrons.